The molecule has 1 atom stereocenters. The number of carbonyl (C=O) groups excluding carboxylic acids is 1. The molecular weight excluding hydrogens is 218 g/mol. The molecule has 0 aromatic rings. The van der Waals surface area contributed by atoms with Crippen molar-refractivity contribution in [1.82, 2.24) is 5.32 Å². The van der Waals surface area contributed by atoms with Crippen LogP contribution < -0.4 is 5.32 Å². The summed E-state index contributed by atoms with van der Waals surface area (Å²) in [6.45, 7) is 1.33. The molecule has 0 aromatic carbocycles. The summed E-state index contributed by atoms with van der Waals surface area (Å²) in [6, 6.07) is 0. The van der Waals surface area contributed by atoms with Gasteiger partial charge in [0, 0.05) is 6.54 Å². The number of carbonyl (C=O) groups is 1. The fourth-order valence-electron chi connectivity index (χ4n) is 0.816. The normalized spacial score (nSPS) is 14.1. The Labute approximate surface area is 84.5 Å². The topological polar surface area (TPSA) is 49.3 Å². The van der Waals surface area contributed by atoms with Crippen molar-refractivity contribution in [3.63, 3.8) is 0 Å². The van der Waals surface area contributed by atoms with E-state index in [1.165, 1.54) is 6.92 Å². The number of hydrogen-bond donors (Lipinski definition) is 2. The van der Waals surface area contributed by atoms with E-state index in [-0.39, 0.29) is 13.0 Å². The first-order valence-corrected chi connectivity index (χ1v) is 4.40. The van der Waals surface area contributed by atoms with E-state index in [0.29, 0.717) is 6.42 Å². The first-order chi connectivity index (χ1) is 6.78. The Kier molecular flexibility index (Phi) is 5.56. The lowest BCUT2D eigenvalue weighted by molar-refractivity contribution is -0.169. The molecule has 0 aromatic heterocycles. The van der Waals surface area contributed by atoms with Crippen molar-refractivity contribution in [1.29, 1.82) is 0 Å². The molecule has 2 N–H and O–H groups in total. The van der Waals surface area contributed by atoms with Gasteiger partial charge < -0.3 is 10.4 Å². The van der Waals surface area contributed by atoms with Gasteiger partial charge in [-0.15, -0.1) is 0 Å². The van der Waals surface area contributed by atoms with E-state index >= 15 is 0 Å². The number of aliphatic hydroxyl groups excluding tert-OH is 1. The van der Waals surface area contributed by atoms with Crippen LogP contribution in [-0.4, -0.2) is 36.0 Å². The van der Waals surface area contributed by atoms with Gasteiger partial charge in [0.25, 0.3) is 5.91 Å². The minimum absolute atomic E-state index is 0.161. The summed E-state index contributed by atoms with van der Waals surface area (Å²) in [6.07, 6.45) is -4.06. The molecule has 90 valence electrons. The molecule has 0 saturated heterocycles. The van der Waals surface area contributed by atoms with Crippen LogP contribution in [0.15, 0.2) is 0 Å². The van der Waals surface area contributed by atoms with Crippen molar-refractivity contribution >= 4 is 5.91 Å². The van der Waals surface area contributed by atoms with Crippen LogP contribution in [0.3, 0.4) is 0 Å². The summed E-state index contributed by atoms with van der Waals surface area (Å²) in [4.78, 5) is 10.5. The quantitative estimate of drug-likeness (QED) is 0.532. The minimum Gasteiger partial charge on any atom is -0.393 e. The molecule has 15 heavy (non-hydrogen) atoms. The van der Waals surface area contributed by atoms with Gasteiger partial charge in [-0.05, 0) is 19.8 Å². The lowest BCUT2D eigenvalue weighted by atomic mass is 10.2. The molecule has 0 heterocycles. The SMILES string of the molecule is CC(O)CCCNC(=O)C(F)(F)C(F)F. The second kappa shape index (κ2) is 5.89. The van der Waals surface area contributed by atoms with Crippen molar-refractivity contribution in [2.45, 2.75) is 38.2 Å². The van der Waals surface area contributed by atoms with Gasteiger partial charge >= 0.3 is 12.3 Å². The van der Waals surface area contributed by atoms with Crippen LogP contribution in [0.25, 0.3) is 0 Å². The molecule has 0 fully saturated rings. The van der Waals surface area contributed by atoms with Crippen molar-refractivity contribution in [3.8, 4) is 0 Å². The zero-order chi connectivity index (χ0) is 12.1. The molecule has 7 heteroatoms. The van der Waals surface area contributed by atoms with E-state index in [1.807, 2.05) is 0 Å². The molecular formula is C8H13F4NO2. The molecule has 1 unspecified atom stereocenters. The predicted molar refractivity (Wildman–Crippen MR) is 44.9 cm³/mol. The summed E-state index contributed by atoms with van der Waals surface area (Å²) >= 11 is 0. The van der Waals surface area contributed by atoms with Crippen LogP contribution in [-0.2, 0) is 4.79 Å². The maximum atomic E-state index is 12.3. The summed E-state index contributed by atoms with van der Waals surface area (Å²) in [7, 11) is 0. The van der Waals surface area contributed by atoms with Crippen molar-refractivity contribution in [3.05, 3.63) is 0 Å². The fourth-order valence-corrected chi connectivity index (χ4v) is 0.816. The zero-order valence-electron chi connectivity index (χ0n) is 8.14. The van der Waals surface area contributed by atoms with E-state index in [4.69, 9.17) is 5.11 Å². The smallest absolute Gasteiger partial charge is 0.383 e. The molecule has 0 aliphatic heterocycles. The van der Waals surface area contributed by atoms with Gasteiger partial charge in [-0.3, -0.25) is 4.79 Å². The van der Waals surface area contributed by atoms with Crippen LogP contribution in [0.2, 0.25) is 0 Å². The lowest BCUT2D eigenvalue weighted by Gasteiger charge is -2.14. The van der Waals surface area contributed by atoms with Gasteiger partial charge in [0.1, 0.15) is 0 Å². The van der Waals surface area contributed by atoms with Crippen LogP contribution in [0, 0.1) is 0 Å². The predicted octanol–water partition coefficient (Wildman–Crippen LogP) is 1.16. The highest BCUT2D eigenvalue weighted by molar-refractivity contribution is 5.83. The number of amides is 1. The summed E-state index contributed by atoms with van der Waals surface area (Å²) < 4.78 is 47.9. The molecule has 0 saturated carbocycles. The Bertz CT molecular complexity index is 209. The van der Waals surface area contributed by atoms with E-state index in [0.717, 1.165) is 0 Å². The Balaban J connectivity index is 3.84. The van der Waals surface area contributed by atoms with Crippen molar-refractivity contribution < 1.29 is 27.5 Å². The van der Waals surface area contributed by atoms with Crippen LogP contribution >= 0.6 is 0 Å². The van der Waals surface area contributed by atoms with E-state index in [9.17, 15) is 22.4 Å². The molecule has 0 aliphatic rings. The summed E-state index contributed by atoms with van der Waals surface area (Å²) in [5.41, 5.74) is 0. The highest BCUT2D eigenvalue weighted by atomic mass is 19.3. The van der Waals surface area contributed by atoms with Crippen molar-refractivity contribution in [2.75, 3.05) is 6.54 Å². The van der Waals surface area contributed by atoms with Gasteiger partial charge in [0.05, 0.1) is 6.10 Å². The molecule has 3 nitrogen and oxygen atoms in total. The van der Waals surface area contributed by atoms with E-state index in [1.54, 1.807) is 5.32 Å². The van der Waals surface area contributed by atoms with Crippen molar-refractivity contribution in [2.24, 2.45) is 0 Å². The Hall–Kier alpha value is -0.850. The monoisotopic (exact) mass is 231 g/mol. The molecule has 0 spiro atoms. The van der Waals surface area contributed by atoms with E-state index < -0.39 is 24.4 Å². The van der Waals surface area contributed by atoms with Crippen LogP contribution in [0.1, 0.15) is 19.8 Å². The van der Waals surface area contributed by atoms with Gasteiger partial charge in [0.2, 0.25) is 0 Å². The number of nitrogens with one attached hydrogen (secondary N) is 1. The van der Waals surface area contributed by atoms with Crippen LogP contribution in [0.4, 0.5) is 17.6 Å². The first-order valence-electron chi connectivity index (χ1n) is 4.40. The van der Waals surface area contributed by atoms with Gasteiger partial charge in [0.15, 0.2) is 0 Å². The second-order valence-corrected chi connectivity index (χ2v) is 3.17. The number of alkyl halides is 4. The molecule has 0 bridgehead atoms. The fraction of sp³-hybridized carbons (Fsp3) is 0.875. The largest absolute Gasteiger partial charge is 0.393 e. The number of halogens is 4. The summed E-state index contributed by atoms with van der Waals surface area (Å²) in [5.74, 6) is -6.63. The third-order valence-corrected chi connectivity index (χ3v) is 1.66. The molecule has 0 rings (SSSR count). The van der Waals surface area contributed by atoms with Gasteiger partial charge in [-0.25, -0.2) is 8.78 Å². The number of hydrogen-bond acceptors (Lipinski definition) is 2. The minimum atomic E-state index is -4.65. The summed E-state index contributed by atoms with van der Waals surface area (Å²) in [5, 5.41) is 10.5. The number of aliphatic hydroxyl groups is 1. The second-order valence-electron chi connectivity index (χ2n) is 3.17. The maximum absolute atomic E-state index is 12.3. The highest BCUT2D eigenvalue weighted by Crippen LogP contribution is 2.22. The Morgan fingerprint density at radius 1 is 1.47 bits per heavy atom. The number of rotatable bonds is 6. The molecule has 0 aliphatic carbocycles. The standard InChI is InChI=1S/C8H13F4NO2/c1-5(14)3-2-4-13-7(15)8(11,12)6(9)10/h5-6,14H,2-4H2,1H3,(H,13,15). The third kappa shape index (κ3) is 4.96. The average molecular weight is 231 g/mol. The molecule has 0 radical (unpaired) electrons. The molecule has 1 amide bonds. The maximum Gasteiger partial charge on any atom is 0.383 e. The third-order valence-electron chi connectivity index (χ3n) is 1.66. The van der Waals surface area contributed by atoms with E-state index in [2.05, 4.69) is 0 Å². The lowest BCUT2D eigenvalue weighted by Crippen LogP contribution is -2.45. The zero-order valence-corrected chi connectivity index (χ0v) is 8.14. The van der Waals surface area contributed by atoms with Gasteiger partial charge in [-0.2, -0.15) is 8.78 Å². The average Bonchev–Trinajstić information content (AvgIpc) is 2.11. The highest BCUT2D eigenvalue weighted by Gasteiger charge is 2.48. The Morgan fingerprint density at radius 2 is 2.00 bits per heavy atom. The van der Waals surface area contributed by atoms with Gasteiger partial charge in [-0.1, -0.05) is 0 Å². The van der Waals surface area contributed by atoms with Crippen LogP contribution in [0.5, 0.6) is 0 Å². The first kappa shape index (κ1) is 14.2. The Morgan fingerprint density at radius 3 is 2.40 bits per heavy atom.